The quantitative estimate of drug-likeness (QED) is 0.301. The highest BCUT2D eigenvalue weighted by Crippen LogP contribution is 2.25. The Morgan fingerprint density at radius 3 is 2.41 bits per heavy atom. The number of rotatable bonds is 10. The van der Waals surface area contributed by atoms with E-state index in [4.69, 9.17) is 4.74 Å². The SMILES string of the molecule is COc1cccc(-c2c(C)n(Cc3c(F)cccc3F)c(=O)n([C@@H](C)CN(C)CCc3ccccn3)c2=O)c1. The number of likely N-dealkylation sites (N-methyl/N-ethyl adjacent to an activating group) is 1. The van der Waals surface area contributed by atoms with Crippen LogP contribution in [0.4, 0.5) is 8.78 Å². The van der Waals surface area contributed by atoms with Crippen molar-refractivity contribution in [3.8, 4) is 16.9 Å². The molecule has 2 heterocycles. The molecule has 0 saturated heterocycles. The van der Waals surface area contributed by atoms with Gasteiger partial charge in [-0.15, -0.1) is 0 Å². The smallest absolute Gasteiger partial charge is 0.331 e. The summed E-state index contributed by atoms with van der Waals surface area (Å²) in [6, 6.07) is 15.7. The summed E-state index contributed by atoms with van der Waals surface area (Å²) < 4.78 is 37.0. The number of nitrogens with zero attached hydrogens (tertiary/aromatic N) is 4. The van der Waals surface area contributed by atoms with Gasteiger partial charge in [-0.05, 0) is 62.9 Å². The maximum atomic E-state index is 14.6. The summed E-state index contributed by atoms with van der Waals surface area (Å²) in [6.45, 7) is 4.11. The largest absolute Gasteiger partial charge is 0.497 e. The van der Waals surface area contributed by atoms with E-state index < -0.39 is 28.9 Å². The van der Waals surface area contributed by atoms with Crippen molar-refractivity contribution in [1.29, 1.82) is 0 Å². The first-order valence-electron chi connectivity index (χ1n) is 12.7. The van der Waals surface area contributed by atoms with Crippen molar-refractivity contribution in [2.45, 2.75) is 32.9 Å². The number of ether oxygens (including phenoxy) is 1. The van der Waals surface area contributed by atoms with Gasteiger partial charge in [0.25, 0.3) is 5.56 Å². The maximum Gasteiger partial charge on any atom is 0.331 e. The van der Waals surface area contributed by atoms with E-state index in [1.165, 1.54) is 22.3 Å². The lowest BCUT2D eigenvalue weighted by Crippen LogP contribution is -2.46. The number of halogens is 2. The molecule has 0 saturated carbocycles. The monoisotopic (exact) mass is 534 g/mol. The third kappa shape index (κ3) is 6.15. The second kappa shape index (κ2) is 12.2. The van der Waals surface area contributed by atoms with E-state index in [0.29, 0.717) is 36.5 Å². The average molecular weight is 535 g/mol. The third-order valence-electron chi connectivity index (χ3n) is 6.87. The highest BCUT2D eigenvalue weighted by Gasteiger charge is 2.23. The molecule has 2 aromatic carbocycles. The van der Waals surface area contributed by atoms with Crippen molar-refractivity contribution in [2.24, 2.45) is 0 Å². The van der Waals surface area contributed by atoms with E-state index in [2.05, 4.69) is 4.98 Å². The van der Waals surface area contributed by atoms with Crippen LogP contribution in [0.15, 0.2) is 76.4 Å². The summed E-state index contributed by atoms with van der Waals surface area (Å²) in [6.07, 6.45) is 2.45. The first kappa shape index (κ1) is 27.9. The van der Waals surface area contributed by atoms with Crippen LogP contribution in [-0.2, 0) is 13.0 Å². The van der Waals surface area contributed by atoms with E-state index in [1.54, 1.807) is 44.3 Å². The molecule has 4 aromatic rings. The van der Waals surface area contributed by atoms with Crippen LogP contribution in [0.25, 0.3) is 11.1 Å². The molecule has 0 amide bonds. The van der Waals surface area contributed by atoms with Gasteiger partial charge in [-0.2, -0.15) is 0 Å². The number of pyridine rings is 1. The van der Waals surface area contributed by atoms with Crippen LogP contribution in [0.3, 0.4) is 0 Å². The zero-order valence-electron chi connectivity index (χ0n) is 22.5. The Morgan fingerprint density at radius 2 is 1.74 bits per heavy atom. The lowest BCUT2D eigenvalue weighted by atomic mass is 10.0. The Kier molecular flexibility index (Phi) is 8.71. The van der Waals surface area contributed by atoms with Crippen molar-refractivity contribution >= 4 is 0 Å². The minimum Gasteiger partial charge on any atom is -0.497 e. The molecule has 39 heavy (non-hydrogen) atoms. The molecule has 1 atom stereocenters. The van der Waals surface area contributed by atoms with Crippen LogP contribution in [-0.4, -0.2) is 46.3 Å². The number of aromatic nitrogens is 3. The van der Waals surface area contributed by atoms with Gasteiger partial charge in [0.1, 0.15) is 17.4 Å². The van der Waals surface area contributed by atoms with Crippen molar-refractivity contribution in [3.63, 3.8) is 0 Å². The highest BCUT2D eigenvalue weighted by atomic mass is 19.1. The lowest BCUT2D eigenvalue weighted by molar-refractivity contribution is 0.278. The fourth-order valence-corrected chi connectivity index (χ4v) is 4.77. The number of hydrogen-bond donors (Lipinski definition) is 0. The molecule has 0 N–H and O–H groups in total. The van der Waals surface area contributed by atoms with Crippen LogP contribution < -0.4 is 16.0 Å². The summed E-state index contributed by atoms with van der Waals surface area (Å²) in [5, 5.41) is 0. The van der Waals surface area contributed by atoms with E-state index in [0.717, 1.165) is 17.8 Å². The lowest BCUT2D eigenvalue weighted by Gasteiger charge is -2.25. The van der Waals surface area contributed by atoms with Gasteiger partial charge in [0, 0.05) is 42.7 Å². The van der Waals surface area contributed by atoms with Gasteiger partial charge in [-0.3, -0.25) is 18.9 Å². The Hall–Kier alpha value is -4.11. The molecule has 0 aliphatic heterocycles. The van der Waals surface area contributed by atoms with Gasteiger partial charge in [0.05, 0.1) is 25.3 Å². The number of hydrogen-bond acceptors (Lipinski definition) is 5. The topological polar surface area (TPSA) is 69.4 Å². The number of benzene rings is 2. The summed E-state index contributed by atoms with van der Waals surface area (Å²) >= 11 is 0. The summed E-state index contributed by atoms with van der Waals surface area (Å²) in [5.41, 5.74) is 0.730. The van der Waals surface area contributed by atoms with Crippen LogP contribution in [0, 0.1) is 18.6 Å². The average Bonchev–Trinajstić information content (AvgIpc) is 2.92. The molecule has 0 unspecified atom stereocenters. The predicted octanol–water partition coefficient (Wildman–Crippen LogP) is 4.45. The fourth-order valence-electron chi connectivity index (χ4n) is 4.77. The Balaban J connectivity index is 1.78. The van der Waals surface area contributed by atoms with Gasteiger partial charge < -0.3 is 9.64 Å². The van der Waals surface area contributed by atoms with Crippen molar-refractivity contribution in [2.75, 3.05) is 27.2 Å². The minimum absolute atomic E-state index is 0.246. The highest BCUT2D eigenvalue weighted by molar-refractivity contribution is 5.66. The fraction of sp³-hybridized carbons (Fsp3) is 0.300. The van der Waals surface area contributed by atoms with Crippen LogP contribution >= 0.6 is 0 Å². The Labute approximate surface area is 225 Å². The zero-order chi connectivity index (χ0) is 28.1. The first-order chi connectivity index (χ1) is 18.7. The number of methoxy groups -OCH3 is 1. The van der Waals surface area contributed by atoms with Gasteiger partial charge in [-0.1, -0.05) is 24.3 Å². The summed E-state index contributed by atoms with van der Waals surface area (Å²) in [7, 11) is 3.43. The van der Waals surface area contributed by atoms with E-state index in [1.807, 2.05) is 30.1 Å². The molecular formula is C30H32F2N4O3. The van der Waals surface area contributed by atoms with E-state index in [-0.39, 0.29) is 17.7 Å². The molecule has 0 radical (unpaired) electrons. The molecule has 0 aliphatic carbocycles. The molecule has 2 aromatic heterocycles. The van der Waals surface area contributed by atoms with Crippen molar-refractivity contribution < 1.29 is 13.5 Å². The minimum atomic E-state index is -0.760. The Bertz CT molecular complexity index is 1550. The van der Waals surface area contributed by atoms with Crippen LogP contribution in [0.5, 0.6) is 5.75 Å². The van der Waals surface area contributed by atoms with Crippen molar-refractivity contribution in [1.82, 2.24) is 19.0 Å². The van der Waals surface area contributed by atoms with Gasteiger partial charge in [0.15, 0.2) is 0 Å². The standard InChI is InChI=1S/C30H32F2N4O3/c1-20(18-34(3)16-14-23-10-5-6-15-33-23)36-29(37)28(22-9-7-11-24(17-22)39-4)21(2)35(30(36)38)19-25-26(31)12-8-13-27(25)32/h5-13,15,17,20H,14,16,18-19H2,1-4H3/t20-/m0/s1. The molecule has 204 valence electrons. The van der Waals surface area contributed by atoms with E-state index >= 15 is 0 Å². The molecule has 0 bridgehead atoms. The predicted molar refractivity (Wildman–Crippen MR) is 147 cm³/mol. The molecule has 7 nitrogen and oxygen atoms in total. The summed E-state index contributed by atoms with van der Waals surface area (Å²) in [4.78, 5) is 34.0. The first-order valence-corrected chi connectivity index (χ1v) is 12.7. The molecule has 0 fully saturated rings. The second-order valence-electron chi connectivity index (χ2n) is 9.62. The Morgan fingerprint density at radius 1 is 1.03 bits per heavy atom. The molecule has 0 aliphatic rings. The normalized spacial score (nSPS) is 12.1. The van der Waals surface area contributed by atoms with Gasteiger partial charge >= 0.3 is 5.69 Å². The molecule has 4 rings (SSSR count). The molecule has 0 spiro atoms. The third-order valence-corrected chi connectivity index (χ3v) is 6.87. The molecular weight excluding hydrogens is 502 g/mol. The van der Waals surface area contributed by atoms with Gasteiger partial charge in [0.2, 0.25) is 0 Å². The van der Waals surface area contributed by atoms with E-state index in [9.17, 15) is 18.4 Å². The van der Waals surface area contributed by atoms with Crippen LogP contribution in [0.1, 0.15) is 29.9 Å². The molecule has 9 heteroatoms. The maximum absolute atomic E-state index is 14.6. The van der Waals surface area contributed by atoms with Gasteiger partial charge in [-0.25, -0.2) is 13.6 Å². The van der Waals surface area contributed by atoms with Crippen LogP contribution in [0.2, 0.25) is 0 Å². The second-order valence-corrected chi connectivity index (χ2v) is 9.62. The summed E-state index contributed by atoms with van der Waals surface area (Å²) in [5.74, 6) is -0.980. The zero-order valence-corrected chi connectivity index (χ0v) is 22.5. The van der Waals surface area contributed by atoms with Crippen molar-refractivity contribution in [3.05, 3.63) is 116 Å².